The number of methoxy groups -OCH3 is 1. The number of fused-ring (bicyclic) bond motifs is 4. The Morgan fingerprint density at radius 3 is 2.86 bits per heavy atom. The molecule has 0 aromatic heterocycles. The van der Waals surface area contributed by atoms with Crippen molar-refractivity contribution in [2.45, 2.75) is 32.4 Å². The largest absolute Gasteiger partial charge is 0.497 e. The number of anilines is 1. The van der Waals surface area contributed by atoms with Crippen LogP contribution in [0.1, 0.15) is 28.4 Å². The zero-order chi connectivity index (χ0) is 14.6. The quantitative estimate of drug-likeness (QED) is 0.863. The summed E-state index contributed by atoms with van der Waals surface area (Å²) in [6.45, 7) is 4.23. The Morgan fingerprint density at radius 1 is 1.19 bits per heavy atom. The fourth-order valence-electron chi connectivity index (χ4n) is 3.53. The first-order valence-electron chi connectivity index (χ1n) is 7.37. The summed E-state index contributed by atoms with van der Waals surface area (Å²) in [5.74, 6) is 1.88. The molecular formula is C18H19NO2. The van der Waals surface area contributed by atoms with Crippen molar-refractivity contribution >= 4 is 5.69 Å². The highest BCUT2D eigenvalue weighted by Gasteiger charge is 2.38. The number of ether oxygens (including phenoxy) is 2. The average Bonchev–Trinajstić information content (AvgIpc) is 2.81. The van der Waals surface area contributed by atoms with Crippen LogP contribution in [0.25, 0.3) is 0 Å². The predicted molar refractivity (Wildman–Crippen MR) is 83.4 cm³/mol. The van der Waals surface area contributed by atoms with Gasteiger partial charge in [0.05, 0.1) is 18.8 Å². The number of hydrogen-bond acceptors (Lipinski definition) is 3. The van der Waals surface area contributed by atoms with Gasteiger partial charge in [0.15, 0.2) is 0 Å². The van der Waals surface area contributed by atoms with E-state index in [1.54, 1.807) is 7.11 Å². The molecule has 2 aliphatic rings. The van der Waals surface area contributed by atoms with Crippen molar-refractivity contribution < 1.29 is 9.47 Å². The molecule has 0 bridgehead atoms. The number of benzene rings is 2. The molecule has 2 aromatic carbocycles. The van der Waals surface area contributed by atoms with Crippen LogP contribution < -0.4 is 14.8 Å². The smallest absolute Gasteiger partial charge is 0.146 e. The van der Waals surface area contributed by atoms with E-state index in [0.29, 0.717) is 6.04 Å². The second kappa shape index (κ2) is 4.42. The second-order valence-electron chi connectivity index (χ2n) is 6.02. The summed E-state index contributed by atoms with van der Waals surface area (Å²) < 4.78 is 11.7. The maximum atomic E-state index is 6.35. The number of rotatable bonds is 1. The number of aryl methyl sites for hydroxylation is 2. The highest BCUT2D eigenvalue weighted by Crippen LogP contribution is 2.45. The third-order valence-electron chi connectivity index (χ3n) is 4.47. The van der Waals surface area contributed by atoms with Crippen molar-refractivity contribution in [3.8, 4) is 11.5 Å². The van der Waals surface area contributed by atoms with E-state index in [0.717, 1.165) is 23.6 Å². The molecule has 2 unspecified atom stereocenters. The fraction of sp³-hybridized carbons (Fsp3) is 0.333. The molecule has 21 heavy (non-hydrogen) atoms. The van der Waals surface area contributed by atoms with Crippen molar-refractivity contribution in [2.75, 3.05) is 12.4 Å². The first kappa shape index (κ1) is 12.6. The monoisotopic (exact) mass is 281 g/mol. The van der Waals surface area contributed by atoms with E-state index in [2.05, 4.69) is 43.4 Å². The van der Waals surface area contributed by atoms with Crippen LogP contribution in [-0.2, 0) is 6.42 Å². The van der Waals surface area contributed by atoms with Crippen molar-refractivity contribution in [3.63, 3.8) is 0 Å². The summed E-state index contributed by atoms with van der Waals surface area (Å²) in [6, 6.07) is 10.9. The summed E-state index contributed by atoms with van der Waals surface area (Å²) in [5, 5.41) is 3.66. The number of nitrogens with one attached hydrogen (secondary N) is 1. The summed E-state index contributed by atoms with van der Waals surface area (Å²) >= 11 is 0. The number of hydrogen-bond donors (Lipinski definition) is 1. The lowest BCUT2D eigenvalue weighted by Gasteiger charge is -2.32. The van der Waals surface area contributed by atoms with Crippen LogP contribution in [0, 0.1) is 13.8 Å². The zero-order valence-corrected chi connectivity index (χ0v) is 12.6. The molecule has 1 heterocycles. The first-order chi connectivity index (χ1) is 10.2. The van der Waals surface area contributed by atoms with Gasteiger partial charge in [0.25, 0.3) is 0 Å². The average molecular weight is 281 g/mol. The van der Waals surface area contributed by atoms with Crippen molar-refractivity contribution in [1.82, 2.24) is 0 Å². The molecule has 3 heteroatoms. The van der Waals surface area contributed by atoms with Crippen molar-refractivity contribution in [2.24, 2.45) is 0 Å². The van der Waals surface area contributed by atoms with E-state index in [-0.39, 0.29) is 6.10 Å². The van der Waals surface area contributed by atoms with Crippen molar-refractivity contribution in [1.29, 1.82) is 0 Å². The maximum absolute atomic E-state index is 6.35. The Hall–Kier alpha value is -2.16. The van der Waals surface area contributed by atoms with E-state index in [1.165, 1.54) is 22.3 Å². The van der Waals surface area contributed by atoms with E-state index in [4.69, 9.17) is 9.47 Å². The Balaban J connectivity index is 1.77. The minimum Gasteiger partial charge on any atom is -0.497 e. The third kappa shape index (κ3) is 1.88. The molecule has 1 aliphatic carbocycles. The zero-order valence-electron chi connectivity index (χ0n) is 12.6. The molecule has 108 valence electrons. The van der Waals surface area contributed by atoms with Gasteiger partial charge in [-0.3, -0.25) is 0 Å². The summed E-state index contributed by atoms with van der Waals surface area (Å²) in [4.78, 5) is 0. The standard InChI is InChI=1S/C18H19NO2/c1-10-6-11(2)17-15(7-10)19-16-8-12-4-5-13(20-3)9-14(12)18(16)21-17/h4-7,9,16,18-19H,8H2,1-3H3. The maximum Gasteiger partial charge on any atom is 0.146 e. The highest BCUT2D eigenvalue weighted by molar-refractivity contribution is 5.65. The van der Waals surface area contributed by atoms with Crippen LogP contribution in [0.4, 0.5) is 5.69 Å². The van der Waals surface area contributed by atoms with Gasteiger partial charge < -0.3 is 14.8 Å². The van der Waals surface area contributed by atoms with Crippen molar-refractivity contribution in [3.05, 3.63) is 52.6 Å². The van der Waals surface area contributed by atoms with Gasteiger partial charge in [-0.2, -0.15) is 0 Å². The van der Waals surface area contributed by atoms with Crippen LogP contribution >= 0.6 is 0 Å². The Labute approximate surface area is 124 Å². The molecular weight excluding hydrogens is 262 g/mol. The second-order valence-corrected chi connectivity index (χ2v) is 6.02. The van der Waals surface area contributed by atoms with E-state index < -0.39 is 0 Å². The lowest BCUT2D eigenvalue weighted by molar-refractivity contribution is 0.182. The first-order valence-corrected chi connectivity index (χ1v) is 7.37. The molecule has 0 saturated carbocycles. The molecule has 0 amide bonds. The van der Waals surface area contributed by atoms with Crippen LogP contribution in [0.2, 0.25) is 0 Å². The van der Waals surface area contributed by atoms with Gasteiger partial charge in [-0.1, -0.05) is 12.1 Å². The molecule has 3 nitrogen and oxygen atoms in total. The lowest BCUT2D eigenvalue weighted by Crippen LogP contribution is -2.32. The molecule has 0 spiro atoms. The summed E-state index contributed by atoms with van der Waals surface area (Å²) in [6.07, 6.45) is 1.07. The van der Waals surface area contributed by atoms with Crippen LogP contribution in [0.3, 0.4) is 0 Å². The van der Waals surface area contributed by atoms with Gasteiger partial charge in [0.1, 0.15) is 17.6 Å². The topological polar surface area (TPSA) is 30.5 Å². The highest BCUT2D eigenvalue weighted by atomic mass is 16.5. The molecule has 4 rings (SSSR count). The van der Waals surface area contributed by atoms with E-state index >= 15 is 0 Å². The SMILES string of the molecule is COc1ccc2c(c1)C1Oc3c(C)cc(C)cc3NC1C2. The normalized spacial score (nSPS) is 21.7. The molecule has 2 aromatic rings. The molecule has 2 atom stereocenters. The van der Waals surface area contributed by atoms with Crippen LogP contribution in [0.15, 0.2) is 30.3 Å². The van der Waals surface area contributed by atoms with Gasteiger partial charge in [-0.05, 0) is 55.2 Å². The Morgan fingerprint density at radius 2 is 2.05 bits per heavy atom. The molecule has 1 N–H and O–H groups in total. The van der Waals surface area contributed by atoms with Crippen LogP contribution in [-0.4, -0.2) is 13.2 Å². The Kier molecular flexibility index (Phi) is 2.64. The molecule has 0 radical (unpaired) electrons. The van der Waals surface area contributed by atoms with Gasteiger partial charge in [-0.25, -0.2) is 0 Å². The van der Waals surface area contributed by atoms with Gasteiger partial charge in [-0.15, -0.1) is 0 Å². The van der Waals surface area contributed by atoms with Crippen LogP contribution in [0.5, 0.6) is 11.5 Å². The minimum atomic E-state index is 0.0732. The summed E-state index contributed by atoms with van der Waals surface area (Å²) in [7, 11) is 1.70. The predicted octanol–water partition coefficient (Wildman–Crippen LogP) is 3.78. The third-order valence-corrected chi connectivity index (χ3v) is 4.47. The van der Waals surface area contributed by atoms with Gasteiger partial charge >= 0.3 is 0 Å². The minimum absolute atomic E-state index is 0.0732. The molecule has 0 saturated heterocycles. The molecule has 0 fully saturated rings. The summed E-state index contributed by atoms with van der Waals surface area (Å²) in [5.41, 5.74) is 6.16. The van der Waals surface area contributed by atoms with Gasteiger partial charge in [0.2, 0.25) is 0 Å². The molecule has 1 aliphatic heterocycles. The Bertz CT molecular complexity index is 723. The van der Waals surface area contributed by atoms with E-state index in [9.17, 15) is 0 Å². The fourth-order valence-corrected chi connectivity index (χ4v) is 3.53. The lowest BCUT2D eigenvalue weighted by atomic mass is 10.0. The van der Waals surface area contributed by atoms with E-state index in [1.807, 2.05) is 6.07 Å². The van der Waals surface area contributed by atoms with Gasteiger partial charge in [0, 0.05) is 5.56 Å².